The van der Waals surface area contributed by atoms with E-state index in [9.17, 15) is 19.2 Å². The summed E-state index contributed by atoms with van der Waals surface area (Å²) < 4.78 is 3.30. The van der Waals surface area contributed by atoms with Gasteiger partial charge in [-0.15, -0.1) is 0 Å². The van der Waals surface area contributed by atoms with Gasteiger partial charge in [-0.3, -0.25) is 0 Å². The van der Waals surface area contributed by atoms with Crippen LogP contribution in [0.3, 0.4) is 0 Å². The van der Waals surface area contributed by atoms with Gasteiger partial charge < -0.3 is 14.9 Å². The largest absolute Gasteiger partial charge is 0.473 e. The maximum Gasteiger partial charge on any atom is 0.425 e. The minimum atomic E-state index is -2.03. The van der Waals surface area contributed by atoms with Crippen LogP contribution in [0.15, 0.2) is 0 Å². The Labute approximate surface area is 75.8 Å². The number of hydrogen-bond donors (Lipinski definition) is 2. The summed E-state index contributed by atoms with van der Waals surface area (Å²) in [6.45, 7) is 0. The Bertz CT molecular complexity index is 208. The molecule has 12 heavy (non-hydrogen) atoms. The van der Waals surface area contributed by atoms with Crippen LogP contribution >= 0.6 is 0 Å². The van der Waals surface area contributed by atoms with E-state index < -0.39 is 23.9 Å². The van der Waals surface area contributed by atoms with Gasteiger partial charge in [0.2, 0.25) is 0 Å². The van der Waals surface area contributed by atoms with Gasteiger partial charge in [0.1, 0.15) is 0 Å². The summed E-state index contributed by atoms with van der Waals surface area (Å²) in [7, 11) is 0. The van der Waals surface area contributed by atoms with Gasteiger partial charge >= 0.3 is 23.9 Å². The number of ether oxygens (including phenoxy) is 1. The standard InChI is InChI=1S/C4H2O7.Fe/c5-1(6)3(9)11-4(10)2(7)8;/h(H,5,6)(H,7,8);. The average molecular weight is 218 g/mol. The molecule has 0 saturated carbocycles. The summed E-state index contributed by atoms with van der Waals surface area (Å²) in [6.07, 6.45) is 0. The molecule has 0 aromatic carbocycles. The summed E-state index contributed by atoms with van der Waals surface area (Å²) >= 11 is 0. The Hall–Kier alpha value is -1.40. The number of rotatable bonds is 0. The second-order valence-electron chi connectivity index (χ2n) is 1.29. The Morgan fingerprint density at radius 3 is 1.25 bits per heavy atom. The van der Waals surface area contributed by atoms with Gasteiger partial charge in [-0.2, -0.15) is 0 Å². The smallest absolute Gasteiger partial charge is 0.425 e. The van der Waals surface area contributed by atoms with Crippen molar-refractivity contribution in [3.05, 3.63) is 0 Å². The summed E-state index contributed by atoms with van der Waals surface area (Å²) in [5.74, 6) is -7.89. The van der Waals surface area contributed by atoms with Gasteiger partial charge in [-0.1, -0.05) is 0 Å². The number of hydrogen-bond acceptors (Lipinski definition) is 5. The first kappa shape index (κ1) is 13.2. The molecule has 0 aliphatic heterocycles. The molecule has 0 heterocycles. The minimum Gasteiger partial charge on any atom is -0.473 e. The molecule has 7 nitrogen and oxygen atoms in total. The van der Waals surface area contributed by atoms with Crippen LogP contribution in [-0.2, 0) is 41.0 Å². The van der Waals surface area contributed by atoms with Gasteiger partial charge in [0.25, 0.3) is 0 Å². The second kappa shape index (κ2) is 5.28. The van der Waals surface area contributed by atoms with E-state index in [-0.39, 0.29) is 17.1 Å². The molecule has 68 valence electrons. The minimum absolute atomic E-state index is 0. The number of carboxylic acid groups (broad SMARTS) is 2. The molecule has 0 amide bonds. The van der Waals surface area contributed by atoms with E-state index in [0.717, 1.165) is 0 Å². The molecule has 2 N–H and O–H groups in total. The Morgan fingerprint density at radius 2 is 1.08 bits per heavy atom. The molecule has 0 fully saturated rings. The predicted molar refractivity (Wildman–Crippen MR) is 26.4 cm³/mol. The molecule has 0 saturated heterocycles. The fraction of sp³-hybridized carbons (Fsp3) is 0. The molecule has 0 radical (unpaired) electrons. The van der Waals surface area contributed by atoms with Crippen molar-refractivity contribution < 1.29 is 51.2 Å². The zero-order valence-electron chi connectivity index (χ0n) is 5.29. The normalized spacial score (nSPS) is 7.67. The number of carbonyl (C=O) groups excluding carboxylic acids is 2. The summed E-state index contributed by atoms with van der Waals surface area (Å²) in [4.78, 5) is 39.2. The molecule has 8 heteroatoms. The molecule has 0 aliphatic carbocycles. The van der Waals surface area contributed by atoms with Crippen LogP contribution in [0.5, 0.6) is 0 Å². The van der Waals surface area contributed by atoms with E-state index in [1.165, 1.54) is 0 Å². The molecule has 0 rings (SSSR count). The third-order valence-electron chi connectivity index (χ3n) is 0.535. The monoisotopic (exact) mass is 218 g/mol. The van der Waals surface area contributed by atoms with Crippen molar-refractivity contribution >= 4 is 23.9 Å². The van der Waals surface area contributed by atoms with Crippen molar-refractivity contribution in [3.63, 3.8) is 0 Å². The maximum atomic E-state index is 9.95. The van der Waals surface area contributed by atoms with Crippen molar-refractivity contribution in [2.45, 2.75) is 0 Å². The Kier molecular flexibility index (Phi) is 5.81. The van der Waals surface area contributed by atoms with Crippen LogP contribution in [0.2, 0.25) is 0 Å². The average Bonchev–Trinajstić information content (AvgIpc) is 1.87. The molecule has 0 spiro atoms. The number of aliphatic carboxylic acids is 2. The molecule has 0 aromatic heterocycles. The third-order valence-corrected chi connectivity index (χ3v) is 0.535. The van der Waals surface area contributed by atoms with Crippen LogP contribution in [0.4, 0.5) is 0 Å². The van der Waals surface area contributed by atoms with E-state index in [1.807, 2.05) is 0 Å². The third kappa shape index (κ3) is 4.42. The number of carbonyl (C=O) groups is 4. The van der Waals surface area contributed by atoms with Crippen LogP contribution in [0.25, 0.3) is 0 Å². The number of carboxylic acids is 2. The van der Waals surface area contributed by atoms with Gasteiger partial charge in [-0.05, 0) is 0 Å². The van der Waals surface area contributed by atoms with Crippen molar-refractivity contribution in [1.82, 2.24) is 0 Å². The quantitative estimate of drug-likeness (QED) is 0.213. The van der Waals surface area contributed by atoms with E-state index >= 15 is 0 Å². The van der Waals surface area contributed by atoms with Gasteiger partial charge in [-0.25, -0.2) is 19.2 Å². The summed E-state index contributed by atoms with van der Waals surface area (Å²) in [6, 6.07) is 0. The van der Waals surface area contributed by atoms with Crippen LogP contribution in [0.1, 0.15) is 0 Å². The SMILES string of the molecule is O=C(O)C(=O)OC(=O)C(=O)O.[Fe]. The molecule has 0 bridgehead atoms. The van der Waals surface area contributed by atoms with Crippen LogP contribution in [-0.4, -0.2) is 34.1 Å². The van der Waals surface area contributed by atoms with E-state index in [2.05, 4.69) is 4.74 Å². The molecule has 0 unspecified atom stereocenters. The summed E-state index contributed by atoms with van der Waals surface area (Å²) in [5, 5.41) is 15.6. The Morgan fingerprint density at radius 1 is 0.833 bits per heavy atom. The topological polar surface area (TPSA) is 118 Å². The van der Waals surface area contributed by atoms with Crippen molar-refractivity contribution in [2.24, 2.45) is 0 Å². The van der Waals surface area contributed by atoms with E-state index in [1.54, 1.807) is 0 Å². The fourth-order valence-electron chi connectivity index (χ4n) is 0.172. The molecule has 0 aliphatic rings. The van der Waals surface area contributed by atoms with E-state index in [0.29, 0.717) is 0 Å². The number of esters is 2. The first-order chi connectivity index (χ1) is 4.95. The molecular formula is C4H2FeO7. The molecule has 0 atom stereocenters. The predicted octanol–water partition coefficient (Wildman–Crippen LogP) is -1.78. The van der Waals surface area contributed by atoms with Gasteiger partial charge in [0.05, 0.1) is 0 Å². The maximum absolute atomic E-state index is 9.95. The van der Waals surface area contributed by atoms with Crippen molar-refractivity contribution in [3.8, 4) is 0 Å². The fourth-order valence-corrected chi connectivity index (χ4v) is 0.172. The molecular weight excluding hydrogens is 216 g/mol. The zero-order valence-corrected chi connectivity index (χ0v) is 6.39. The van der Waals surface area contributed by atoms with E-state index in [4.69, 9.17) is 10.2 Å². The van der Waals surface area contributed by atoms with Crippen molar-refractivity contribution in [1.29, 1.82) is 0 Å². The first-order valence-electron chi connectivity index (χ1n) is 2.17. The first-order valence-corrected chi connectivity index (χ1v) is 2.17. The van der Waals surface area contributed by atoms with Crippen LogP contribution < -0.4 is 0 Å². The van der Waals surface area contributed by atoms with Gasteiger partial charge in [0, 0.05) is 17.1 Å². The van der Waals surface area contributed by atoms with Crippen LogP contribution in [0, 0.1) is 0 Å². The molecule has 0 aromatic rings. The summed E-state index contributed by atoms with van der Waals surface area (Å²) in [5.41, 5.74) is 0. The second-order valence-corrected chi connectivity index (χ2v) is 1.29. The zero-order chi connectivity index (χ0) is 9.02. The van der Waals surface area contributed by atoms with Crippen molar-refractivity contribution in [2.75, 3.05) is 0 Å². The van der Waals surface area contributed by atoms with Gasteiger partial charge in [0.15, 0.2) is 0 Å². The Balaban J connectivity index is 0.